The number of unbranched alkanes of at least 4 members (excludes halogenated alkanes) is 5. The minimum atomic E-state index is -0.600. The van der Waals surface area contributed by atoms with Crippen molar-refractivity contribution in [3.05, 3.63) is 48.0 Å². The molecule has 0 unspecified atom stereocenters. The van der Waals surface area contributed by atoms with Crippen LogP contribution in [0.4, 0.5) is 0 Å². The molecule has 4 atom stereocenters. The zero-order valence-corrected chi connectivity index (χ0v) is 18.3. The third-order valence-electron chi connectivity index (χ3n) is 5.28. The number of methoxy groups -OCH3 is 1. The van der Waals surface area contributed by atoms with Crippen molar-refractivity contribution in [2.24, 2.45) is 5.73 Å². The number of hydrogen-bond acceptors (Lipinski definition) is 6. The Morgan fingerprint density at radius 1 is 1.17 bits per heavy atom. The highest BCUT2D eigenvalue weighted by Crippen LogP contribution is 2.25. The zero-order valence-electron chi connectivity index (χ0n) is 18.3. The molecule has 0 spiro atoms. The van der Waals surface area contributed by atoms with E-state index in [1.807, 2.05) is 36.4 Å². The fourth-order valence-corrected chi connectivity index (χ4v) is 3.60. The standard InChI is InChI=1S/C24H37NO5/c1-3-4-5-6-7-8-12-15-20-24(30-22(26)16-25)23(27-2)21(18-29-20)28-17-19-13-10-9-11-14-19/h9-15,20-21,23-24H,3-8,16-18,25H2,1-2H3/t20-,21-,23-,24-/m1/s1. The quantitative estimate of drug-likeness (QED) is 0.298. The van der Waals surface area contributed by atoms with E-state index >= 15 is 0 Å². The van der Waals surface area contributed by atoms with Crippen LogP contribution in [-0.2, 0) is 30.3 Å². The second-order valence-corrected chi connectivity index (χ2v) is 7.62. The molecule has 0 bridgehead atoms. The zero-order chi connectivity index (χ0) is 21.6. The summed E-state index contributed by atoms with van der Waals surface area (Å²) < 4.78 is 23.4. The molecule has 168 valence electrons. The van der Waals surface area contributed by atoms with Crippen LogP contribution in [-0.4, -0.2) is 50.6 Å². The molecule has 0 radical (unpaired) electrons. The molecule has 2 rings (SSSR count). The molecule has 1 aromatic carbocycles. The van der Waals surface area contributed by atoms with Crippen molar-refractivity contribution >= 4 is 5.97 Å². The van der Waals surface area contributed by atoms with Crippen LogP contribution < -0.4 is 5.73 Å². The van der Waals surface area contributed by atoms with Crippen LogP contribution in [0.5, 0.6) is 0 Å². The summed E-state index contributed by atoms with van der Waals surface area (Å²) in [5, 5.41) is 0. The number of ether oxygens (including phenoxy) is 4. The second kappa shape index (κ2) is 14.3. The normalized spacial score (nSPS) is 24.2. The lowest BCUT2D eigenvalue weighted by Gasteiger charge is -2.40. The molecule has 1 saturated heterocycles. The molecule has 1 fully saturated rings. The molecular formula is C24H37NO5. The molecule has 1 heterocycles. The van der Waals surface area contributed by atoms with Gasteiger partial charge >= 0.3 is 5.97 Å². The topological polar surface area (TPSA) is 80.0 Å². The fraction of sp³-hybridized carbons (Fsp3) is 0.625. The Kier molecular flexibility index (Phi) is 11.7. The summed E-state index contributed by atoms with van der Waals surface area (Å²) in [6.45, 7) is 2.83. The maximum absolute atomic E-state index is 11.9. The number of rotatable bonds is 13. The van der Waals surface area contributed by atoms with E-state index in [1.165, 1.54) is 25.7 Å². The lowest BCUT2D eigenvalue weighted by atomic mass is 9.98. The van der Waals surface area contributed by atoms with Crippen molar-refractivity contribution in [1.82, 2.24) is 0 Å². The highest BCUT2D eigenvalue weighted by atomic mass is 16.6. The molecule has 0 saturated carbocycles. The van der Waals surface area contributed by atoms with Crippen LogP contribution in [0.3, 0.4) is 0 Å². The average molecular weight is 420 g/mol. The summed E-state index contributed by atoms with van der Waals surface area (Å²) >= 11 is 0. The number of carbonyl (C=O) groups is 1. The number of hydrogen-bond donors (Lipinski definition) is 1. The Morgan fingerprint density at radius 2 is 1.93 bits per heavy atom. The van der Waals surface area contributed by atoms with Gasteiger partial charge in [0.2, 0.25) is 0 Å². The van der Waals surface area contributed by atoms with E-state index in [0.717, 1.165) is 18.4 Å². The van der Waals surface area contributed by atoms with E-state index in [0.29, 0.717) is 13.2 Å². The Bertz CT molecular complexity index is 621. The summed E-state index contributed by atoms with van der Waals surface area (Å²) in [6.07, 6.45) is 9.48. The molecule has 0 aliphatic carbocycles. The van der Waals surface area contributed by atoms with Crippen LogP contribution in [0.2, 0.25) is 0 Å². The maximum atomic E-state index is 11.9. The van der Waals surface area contributed by atoms with Crippen molar-refractivity contribution in [2.75, 3.05) is 20.3 Å². The van der Waals surface area contributed by atoms with Gasteiger partial charge in [-0.3, -0.25) is 4.79 Å². The first-order chi connectivity index (χ1) is 14.7. The third kappa shape index (κ3) is 8.19. The molecule has 1 aromatic rings. The molecule has 0 aromatic heterocycles. The molecular weight excluding hydrogens is 382 g/mol. The summed E-state index contributed by atoms with van der Waals surface area (Å²) in [6, 6.07) is 9.92. The van der Waals surface area contributed by atoms with Crippen molar-refractivity contribution in [2.45, 2.75) is 76.5 Å². The van der Waals surface area contributed by atoms with Crippen LogP contribution >= 0.6 is 0 Å². The van der Waals surface area contributed by atoms with Gasteiger partial charge in [-0.1, -0.05) is 75.1 Å². The highest BCUT2D eigenvalue weighted by molar-refractivity contribution is 5.71. The average Bonchev–Trinajstić information content (AvgIpc) is 2.78. The van der Waals surface area contributed by atoms with Gasteiger partial charge in [-0.15, -0.1) is 0 Å². The lowest BCUT2D eigenvalue weighted by molar-refractivity contribution is -0.216. The molecule has 1 aliphatic heterocycles. The predicted molar refractivity (Wildman–Crippen MR) is 117 cm³/mol. The van der Waals surface area contributed by atoms with Gasteiger partial charge in [-0.25, -0.2) is 0 Å². The largest absolute Gasteiger partial charge is 0.455 e. The summed E-state index contributed by atoms with van der Waals surface area (Å²) in [5.74, 6) is -0.479. The van der Waals surface area contributed by atoms with Crippen LogP contribution in [0.1, 0.15) is 51.0 Å². The van der Waals surface area contributed by atoms with Gasteiger partial charge in [0.05, 0.1) is 19.8 Å². The number of nitrogens with two attached hydrogens (primary N) is 1. The molecule has 1 aliphatic rings. The van der Waals surface area contributed by atoms with E-state index in [4.69, 9.17) is 24.7 Å². The third-order valence-corrected chi connectivity index (χ3v) is 5.28. The van der Waals surface area contributed by atoms with Gasteiger partial charge in [0.1, 0.15) is 18.3 Å². The first-order valence-corrected chi connectivity index (χ1v) is 11.1. The summed E-state index contributed by atoms with van der Waals surface area (Å²) in [7, 11) is 1.60. The lowest BCUT2D eigenvalue weighted by Crippen LogP contribution is -2.56. The first kappa shape index (κ1) is 24.5. The van der Waals surface area contributed by atoms with Crippen LogP contribution in [0, 0.1) is 0 Å². The number of allylic oxidation sites excluding steroid dienone is 1. The van der Waals surface area contributed by atoms with Crippen molar-refractivity contribution in [3.8, 4) is 0 Å². The van der Waals surface area contributed by atoms with Gasteiger partial charge < -0.3 is 24.7 Å². The minimum absolute atomic E-state index is 0.184. The summed E-state index contributed by atoms with van der Waals surface area (Å²) in [4.78, 5) is 11.9. The molecule has 2 N–H and O–H groups in total. The Hall–Kier alpha value is -1.73. The van der Waals surface area contributed by atoms with E-state index < -0.39 is 18.2 Å². The molecule has 6 heteroatoms. The van der Waals surface area contributed by atoms with Gasteiger partial charge in [0.15, 0.2) is 6.10 Å². The first-order valence-electron chi connectivity index (χ1n) is 11.1. The smallest absolute Gasteiger partial charge is 0.320 e. The highest BCUT2D eigenvalue weighted by Gasteiger charge is 2.43. The van der Waals surface area contributed by atoms with Gasteiger partial charge in [0, 0.05) is 7.11 Å². The monoisotopic (exact) mass is 419 g/mol. The Labute approximate surface area is 180 Å². The van der Waals surface area contributed by atoms with Crippen molar-refractivity contribution < 1.29 is 23.7 Å². The van der Waals surface area contributed by atoms with Gasteiger partial charge in [-0.2, -0.15) is 0 Å². The van der Waals surface area contributed by atoms with Gasteiger partial charge in [0.25, 0.3) is 0 Å². The molecule has 6 nitrogen and oxygen atoms in total. The molecule has 30 heavy (non-hydrogen) atoms. The number of esters is 1. The van der Waals surface area contributed by atoms with E-state index in [-0.39, 0.29) is 18.8 Å². The van der Waals surface area contributed by atoms with E-state index in [2.05, 4.69) is 13.0 Å². The Balaban J connectivity index is 1.96. The molecule has 0 amide bonds. The minimum Gasteiger partial charge on any atom is -0.455 e. The van der Waals surface area contributed by atoms with Crippen LogP contribution in [0.25, 0.3) is 0 Å². The van der Waals surface area contributed by atoms with E-state index in [9.17, 15) is 4.79 Å². The maximum Gasteiger partial charge on any atom is 0.320 e. The van der Waals surface area contributed by atoms with Crippen LogP contribution in [0.15, 0.2) is 42.5 Å². The SMILES string of the molecule is CCCCCCCC=C[C@H]1OC[C@@H](OCc2ccccc2)[C@@H](OC)[C@@H]1OC(=O)CN. The predicted octanol–water partition coefficient (Wildman–Crippen LogP) is 3.77. The number of benzene rings is 1. The summed E-state index contributed by atoms with van der Waals surface area (Å²) in [5.41, 5.74) is 6.53. The van der Waals surface area contributed by atoms with Crippen molar-refractivity contribution in [3.63, 3.8) is 0 Å². The Morgan fingerprint density at radius 3 is 2.63 bits per heavy atom. The van der Waals surface area contributed by atoms with E-state index in [1.54, 1.807) is 7.11 Å². The van der Waals surface area contributed by atoms with Crippen molar-refractivity contribution in [1.29, 1.82) is 0 Å². The fourth-order valence-electron chi connectivity index (χ4n) is 3.60. The number of carbonyl (C=O) groups excluding carboxylic acids is 1. The second-order valence-electron chi connectivity index (χ2n) is 7.62. The van der Waals surface area contributed by atoms with Gasteiger partial charge in [-0.05, 0) is 18.4 Å².